The molecule has 3 aromatic rings. The predicted molar refractivity (Wildman–Crippen MR) is 92.5 cm³/mol. The van der Waals surface area contributed by atoms with Crippen LogP contribution in [0.25, 0.3) is 11.3 Å². The number of nitrogens with one attached hydrogen (secondary N) is 1. The lowest BCUT2D eigenvalue weighted by Crippen LogP contribution is -2.31. The summed E-state index contributed by atoms with van der Waals surface area (Å²) in [5.74, 6) is -9.37. The van der Waals surface area contributed by atoms with Crippen molar-refractivity contribution in [3.8, 4) is 17.0 Å². The zero-order valence-electron chi connectivity index (χ0n) is 14.1. The Bertz CT molecular complexity index is 997. The van der Waals surface area contributed by atoms with Crippen molar-refractivity contribution in [1.29, 1.82) is 0 Å². The second-order valence-corrected chi connectivity index (χ2v) is 6.45. The van der Waals surface area contributed by atoms with Crippen LogP contribution < -0.4 is 10.1 Å². The third-order valence-electron chi connectivity index (χ3n) is 3.61. The number of hydrogen-bond acceptors (Lipinski definition) is 4. The van der Waals surface area contributed by atoms with E-state index in [1.807, 2.05) is 0 Å². The molecule has 0 spiro atoms. The van der Waals surface area contributed by atoms with Gasteiger partial charge in [-0.1, -0.05) is 0 Å². The molecule has 0 saturated heterocycles. The Balaban J connectivity index is 1.71. The van der Waals surface area contributed by atoms with E-state index in [9.17, 15) is 26.7 Å². The average Bonchev–Trinajstić information content (AvgIpc) is 3.12. The van der Waals surface area contributed by atoms with E-state index in [1.165, 1.54) is 24.3 Å². The number of carbonyl (C=O) groups is 1. The highest BCUT2D eigenvalue weighted by atomic mass is 32.1. The van der Waals surface area contributed by atoms with Crippen molar-refractivity contribution < 1.29 is 31.5 Å². The molecular weight excluding hydrogens is 403 g/mol. The molecular formula is C18H11F5N2O2S. The van der Waals surface area contributed by atoms with Gasteiger partial charge < -0.3 is 4.74 Å². The van der Waals surface area contributed by atoms with Crippen LogP contribution in [-0.2, 0) is 4.79 Å². The molecule has 1 N–H and O–H groups in total. The lowest BCUT2D eigenvalue weighted by atomic mass is 10.2. The minimum Gasteiger partial charge on any atom is -0.475 e. The van der Waals surface area contributed by atoms with Crippen LogP contribution in [-0.4, -0.2) is 17.0 Å². The Hall–Kier alpha value is -3.01. The Morgan fingerprint density at radius 2 is 1.68 bits per heavy atom. The van der Waals surface area contributed by atoms with Crippen LogP contribution in [0.4, 0.5) is 27.1 Å². The van der Waals surface area contributed by atoms with E-state index < -0.39 is 46.8 Å². The van der Waals surface area contributed by atoms with Gasteiger partial charge in [0.25, 0.3) is 5.91 Å². The summed E-state index contributed by atoms with van der Waals surface area (Å²) >= 11 is 1.05. The highest BCUT2D eigenvalue weighted by molar-refractivity contribution is 7.14. The molecule has 146 valence electrons. The normalized spacial score (nSPS) is 11.9. The minimum absolute atomic E-state index is 0.0365. The maximum absolute atomic E-state index is 13.6. The van der Waals surface area contributed by atoms with Crippen LogP contribution >= 0.6 is 11.3 Å². The number of rotatable bonds is 5. The lowest BCUT2D eigenvalue weighted by Gasteiger charge is -2.15. The van der Waals surface area contributed by atoms with Crippen LogP contribution in [0, 0.1) is 29.1 Å². The number of ether oxygens (including phenoxy) is 1. The Morgan fingerprint density at radius 1 is 1.07 bits per heavy atom. The Kier molecular flexibility index (Phi) is 5.59. The van der Waals surface area contributed by atoms with Crippen molar-refractivity contribution in [3.63, 3.8) is 0 Å². The van der Waals surface area contributed by atoms with Crippen molar-refractivity contribution in [2.24, 2.45) is 0 Å². The topological polar surface area (TPSA) is 51.2 Å². The van der Waals surface area contributed by atoms with E-state index in [-0.39, 0.29) is 11.2 Å². The second-order valence-electron chi connectivity index (χ2n) is 5.59. The van der Waals surface area contributed by atoms with Gasteiger partial charge in [0.1, 0.15) is 5.82 Å². The summed E-state index contributed by atoms with van der Waals surface area (Å²) in [7, 11) is 0. The molecule has 4 nitrogen and oxygen atoms in total. The number of anilines is 1. The molecule has 3 rings (SSSR count). The first kappa shape index (κ1) is 19.7. The molecule has 1 amide bonds. The van der Waals surface area contributed by atoms with E-state index in [4.69, 9.17) is 4.74 Å². The third kappa shape index (κ3) is 4.11. The van der Waals surface area contributed by atoms with Crippen LogP contribution in [0.1, 0.15) is 6.92 Å². The lowest BCUT2D eigenvalue weighted by molar-refractivity contribution is -0.122. The molecule has 28 heavy (non-hydrogen) atoms. The summed E-state index contributed by atoms with van der Waals surface area (Å²) in [6, 6.07) is 5.56. The Labute approximate surface area is 159 Å². The number of nitrogens with zero attached hydrogens (tertiary/aromatic N) is 1. The summed E-state index contributed by atoms with van der Waals surface area (Å²) in [6.45, 7) is 1.14. The zero-order chi connectivity index (χ0) is 20.4. The van der Waals surface area contributed by atoms with Gasteiger partial charge >= 0.3 is 0 Å². The molecule has 0 fully saturated rings. The van der Waals surface area contributed by atoms with Gasteiger partial charge in [0, 0.05) is 17.0 Å². The summed E-state index contributed by atoms with van der Waals surface area (Å²) in [4.78, 5) is 16.3. The van der Waals surface area contributed by atoms with E-state index >= 15 is 0 Å². The smallest absolute Gasteiger partial charge is 0.266 e. The summed E-state index contributed by atoms with van der Waals surface area (Å²) < 4.78 is 71.4. The number of halogens is 5. The standard InChI is InChI=1S/C18H11F5N2O2S/c1-8(27-16-14(22)11(20)6-12(21)15(16)23)17(26)25-18-24-13(7-28-18)9-2-4-10(19)5-3-9/h2-8H,1H3,(H,24,25,26). The molecule has 0 saturated carbocycles. The SMILES string of the molecule is CC(Oc1c(F)c(F)cc(F)c1F)C(=O)Nc1nc(-c2ccc(F)cc2)cs1. The molecule has 0 aliphatic rings. The van der Waals surface area contributed by atoms with Crippen LogP contribution in [0.5, 0.6) is 5.75 Å². The quantitative estimate of drug-likeness (QED) is 0.477. The maximum Gasteiger partial charge on any atom is 0.266 e. The van der Waals surface area contributed by atoms with Gasteiger partial charge in [0.15, 0.2) is 28.6 Å². The number of amides is 1. The van der Waals surface area contributed by atoms with Crippen molar-refractivity contribution in [2.75, 3.05) is 5.32 Å². The molecule has 1 heterocycles. The van der Waals surface area contributed by atoms with Crippen molar-refractivity contribution in [2.45, 2.75) is 13.0 Å². The number of hydrogen-bond donors (Lipinski definition) is 1. The van der Waals surface area contributed by atoms with Gasteiger partial charge in [-0.2, -0.15) is 8.78 Å². The first-order chi connectivity index (χ1) is 13.3. The fourth-order valence-corrected chi connectivity index (χ4v) is 2.90. The highest BCUT2D eigenvalue weighted by Crippen LogP contribution is 2.28. The largest absolute Gasteiger partial charge is 0.475 e. The number of benzene rings is 2. The molecule has 0 bridgehead atoms. The van der Waals surface area contributed by atoms with Crippen molar-refractivity contribution >= 4 is 22.4 Å². The molecule has 0 radical (unpaired) electrons. The van der Waals surface area contributed by atoms with Crippen molar-refractivity contribution in [1.82, 2.24) is 4.98 Å². The average molecular weight is 414 g/mol. The second kappa shape index (κ2) is 7.93. The summed E-state index contributed by atoms with van der Waals surface area (Å²) in [5.41, 5.74) is 1.08. The molecule has 0 aliphatic heterocycles. The van der Waals surface area contributed by atoms with Gasteiger partial charge in [-0.25, -0.2) is 18.2 Å². The van der Waals surface area contributed by atoms with Crippen LogP contribution in [0.15, 0.2) is 35.7 Å². The third-order valence-corrected chi connectivity index (χ3v) is 4.37. The monoisotopic (exact) mass is 414 g/mol. The van der Waals surface area contributed by atoms with E-state index in [0.717, 1.165) is 18.3 Å². The Morgan fingerprint density at radius 3 is 2.29 bits per heavy atom. The van der Waals surface area contributed by atoms with Gasteiger partial charge in [0.05, 0.1) is 5.69 Å². The first-order valence-electron chi connectivity index (χ1n) is 7.78. The zero-order valence-corrected chi connectivity index (χ0v) is 14.9. The summed E-state index contributed by atoms with van der Waals surface area (Å²) in [5, 5.41) is 4.12. The summed E-state index contributed by atoms with van der Waals surface area (Å²) in [6.07, 6.45) is -1.48. The molecule has 1 atom stereocenters. The fraction of sp³-hybridized carbons (Fsp3) is 0.111. The van der Waals surface area contributed by atoms with E-state index in [0.29, 0.717) is 11.3 Å². The fourth-order valence-electron chi connectivity index (χ4n) is 2.18. The van der Waals surface area contributed by atoms with E-state index in [1.54, 1.807) is 5.38 Å². The van der Waals surface area contributed by atoms with Gasteiger partial charge in [0.2, 0.25) is 11.6 Å². The minimum atomic E-state index is -1.74. The maximum atomic E-state index is 13.6. The highest BCUT2D eigenvalue weighted by Gasteiger charge is 2.25. The number of thiazole rings is 1. The van der Waals surface area contributed by atoms with Crippen LogP contribution in [0.2, 0.25) is 0 Å². The van der Waals surface area contributed by atoms with Crippen molar-refractivity contribution in [3.05, 3.63) is 64.8 Å². The number of aromatic nitrogens is 1. The van der Waals surface area contributed by atoms with Crippen LogP contribution in [0.3, 0.4) is 0 Å². The first-order valence-corrected chi connectivity index (χ1v) is 8.66. The van der Waals surface area contributed by atoms with Gasteiger partial charge in [-0.15, -0.1) is 11.3 Å². The molecule has 10 heteroatoms. The molecule has 1 unspecified atom stereocenters. The molecule has 0 aliphatic carbocycles. The van der Waals surface area contributed by atoms with Gasteiger partial charge in [-0.3, -0.25) is 10.1 Å². The van der Waals surface area contributed by atoms with Gasteiger partial charge in [-0.05, 0) is 31.2 Å². The molecule has 1 aromatic heterocycles. The van der Waals surface area contributed by atoms with E-state index in [2.05, 4.69) is 10.3 Å². The predicted octanol–water partition coefficient (Wildman–Crippen LogP) is 4.91. The molecule has 2 aromatic carbocycles. The number of carbonyl (C=O) groups excluding carboxylic acids is 1.